The van der Waals surface area contributed by atoms with Gasteiger partial charge in [-0.25, -0.2) is 9.78 Å². The Morgan fingerprint density at radius 3 is 2.71 bits per heavy atom. The van der Waals surface area contributed by atoms with Crippen molar-refractivity contribution in [3.8, 4) is 6.01 Å². The predicted molar refractivity (Wildman–Crippen MR) is 79.5 cm³/mol. The van der Waals surface area contributed by atoms with Gasteiger partial charge in [-0.2, -0.15) is 4.98 Å². The average Bonchev–Trinajstić information content (AvgIpc) is 2.37. The van der Waals surface area contributed by atoms with E-state index in [1.165, 1.54) is 12.6 Å². The van der Waals surface area contributed by atoms with Crippen LogP contribution in [0.1, 0.15) is 56.1 Å². The van der Waals surface area contributed by atoms with Crippen molar-refractivity contribution in [3.63, 3.8) is 0 Å². The molecular weight excluding hydrogens is 268 g/mol. The van der Waals surface area contributed by atoms with Crippen LogP contribution in [0.2, 0.25) is 0 Å². The van der Waals surface area contributed by atoms with Gasteiger partial charge in [0, 0.05) is 6.20 Å². The maximum absolute atomic E-state index is 11.0. The molecule has 3 unspecified atom stereocenters. The molecule has 5 nitrogen and oxygen atoms in total. The second kappa shape index (κ2) is 6.41. The first-order valence-corrected chi connectivity index (χ1v) is 7.62. The molecule has 1 N–H and O–H groups in total. The molecule has 0 bridgehead atoms. The van der Waals surface area contributed by atoms with E-state index in [2.05, 4.69) is 30.7 Å². The van der Waals surface area contributed by atoms with Crippen LogP contribution < -0.4 is 4.74 Å². The average molecular weight is 292 g/mol. The van der Waals surface area contributed by atoms with Crippen molar-refractivity contribution < 1.29 is 14.6 Å². The second-order valence-electron chi connectivity index (χ2n) is 6.44. The van der Waals surface area contributed by atoms with E-state index < -0.39 is 5.97 Å². The maximum atomic E-state index is 11.0. The van der Waals surface area contributed by atoms with Crippen LogP contribution >= 0.6 is 0 Å². The van der Waals surface area contributed by atoms with E-state index >= 15 is 0 Å². The molecule has 0 saturated heterocycles. The molecule has 21 heavy (non-hydrogen) atoms. The first-order chi connectivity index (χ1) is 9.88. The molecule has 0 spiro atoms. The van der Waals surface area contributed by atoms with Crippen LogP contribution in [-0.4, -0.2) is 27.1 Å². The fourth-order valence-corrected chi connectivity index (χ4v) is 3.10. The monoisotopic (exact) mass is 292 g/mol. The molecular formula is C16H24N2O3. The molecule has 116 valence electrons. The molecule has 1 saturated carbocycles. The lowest BCUT2D eigenvalue weighted by Gasteiger charge is -2.36. The number of ether oxygens (including phenoxy) is 1. The Hall–Kier alpha value is -1.65. The molecule has 1 aliphatic rings. The molecule has 1 fully saturated rings. The lowest BCUT2D eigenvalue weighted by Crippen LogP contribution is -2.36. The molecule has 0 amide bonds. The van der Waals surface area contributed by atoms with Crippen LogP contribution in [0.25, 0.3) is 0 Å². The number of carboxylic acid groups (broad SMARTS) is 1. The molecule has 5 heteroatoms. The Bertz CT molecular complexity index is 516. The predicted octanol–water partition coefficient (Wildman–Crippen LogP) is 3.32. The van der Waals surface area contributed by atoms with Crippen molar-refractivity contribution in [2.24, 2.45) is 17.8 Å². The minimum absolute atomic E-state index is 0.115. The van der Waals surface area contributed by atoms with Gasteiger partial charge in [0.2, 0.25) is 0 Å². The third kappa shape index (κ3) is 3.71. The summed E-state index contributed by atoms with van der Waals surface area (Å²) in [6.45, 7) is 8.35. The topological polar surface area (TPSA) is 72.3 Å². The van der Waals surface area contributed by atoms with E-state index in [0.717, 1.165) is 12.8 Å². The van der Waals surface area contributed by atoms with Gasteiger partial charge in [0.25, 0.3) is 0 Å². The van der Waals surface area contributed by atoms with Crippen molar-refractivity contribution in [2.75, 3.05) is 0 Å². The van der Waals surface area contributed by atoms with Crippen LogP contribution in [0.3, 0.4) is 0 Å². The van der Waals surface area contributed by atoms with E-state index in [0.29, 0.717) is 29.5 Å². The second-order valence-corrected chi connectivity index (χ2v) is 6.44. The summed E-state index contributed by atoms with van der Waals surface area (Å²) in [5, 5.41) is 9.01. The third-order valence-corrected chi connectivity index (χ3v) is 4.41. The highest BCUT2D eigenvalue weighted by molar-refractivity contribution is 5.88. The van der Waals surface area contributed by atoms with Crippen molar-refractivity contribution in [2.45, 2.75) is 53.1 Å². The normalized spacial score (nSPS) is 25.9. The molecule has 0 aliphatic heterocycles. The van der Waals surface area contributed by atoms with Crippen LogP contribution in [0, 0.1) is 24.7 Å². The molecule has 0 radical (unpaired) electrons. The van der Waals surface area contributed by atoms with E-state index in [-0.39, 0.29) is 11.7 Å². The number of carbonyl (C=O) groups is 1. The Morgan fingerprint density at radius 2 is 2.14 bits per heavy atom. The highest BCUT2D eigenvalue weighted by Crippen LogP contribution is 2.35. The van der Waals surface area contributed by atoms with Crippen molar-refractivity contribution >= 4 is 5.97 Å². The smallest absolute Gasteiger partial charge is 0.339 e. The van der Waals surface area contributed by atoms with Gasteiger partial charge in [0.15, 0.2) is 0 Å². The Kier molecular flexibility index (Phi) is 4.80. The number of nitrogens with zero attached hydrogens (tertiary/aromatic N) is 2. The summed E-state index contributed by atoms with van der Waals surface area (Å²) in [4.78, 5) is 19.2. The highest BCUT2D eigenvalue weighted by Gasteiger charge is 2.32. The highest BCUT2D eigenvalue weighted by atomic mass is 16.5. The first kappa shape index (κ1) is 15.7. The summed E-state index contributed by atoms with van der Waals surface area (Å²) in [5.74, 6) is 0.695. The lowest BCUT2D eigenvalue weighted by molar-refractivity contribution is 0.0387. The fourth-order valence-electron chi connectivity index (χ4n) is 3.10. The molecule has 2 rings (SSSR count). The molecule has 3 atom stereocenters. The van der Waals surface area contributed by atoms with Gasteiger partial charge >= 0.3 is 12.0 Å². The molecule has 1 heterocycles. The van der Waals surface area contributed by atoms with Gasteiger partial charge in [0.1, 0.15) is 6.10 Å². The zero-order valence-electron chi connectivity index (χ0n) is 13.2. The van der Waals surface area contributed by atoms with Gasteiger partial charge < -0.3 is 9.84 Å². The minimum atomic E-state index is -1.01. The van der Waals surface area contributed by atoms with Gasteiger partial charge in [-0.05, 0) is 37.5 Å². The molecule has 1 aromatic heterocycles. The fraction of sp³-hybridized carbons (Fsp3) is 0.688. The van der Waals surface area contributed by atoms with Crippen LogP contribution in [0.4, 0.5) is 0 Å². The Labute approximate surface area is 125 Å². The Balaban J connectivity index is 2.15. The summed E-state index contributed by atoms with van der Waals surface area (Å²) in [5.41, 5.74) is 0.567. The van der Waals surface area contributed by atoms with Crippen molar-refractivity contribution in [3.05, 3.63) is 17.5 Å². The number of carboxylic acids is 1. The Morgan fingerprint density at radius 1 is 1.43 bits per heavy atom. The van der Waals surface area contributed by atoms with Gasteiger partial charge in [0.05, 0.1) is 11.3 Å². The molecule has 1 aliphatic carbocycles. The van der Waals surface area contributed by atoms with Gasteiger partial charge in [-0.15, -0.1) is 0 Å². The SMILES string of the molecule is Cc1nc(OC2CC(C)CCC2C(C)C)ncc1C(=O)O. The standard InChI is InChI=1S/C16H24N2O3/c1-9(2)12-6-5-10(3)7-14(12)21-16-17-8-13(15(19)20)11(4)18-16/h8-10,12,14H,5-7H2,1-4H3,(H,19,20). The van der Waals surface area contributed by atoms with Crippen LogP contribution in [0.5, 0.6) is 6.01 Å². The maximum Gasteiger partial charge on any atom is 0.339 e. The molecule has 1 aromatic rings. The summed E-state index contributed by atoms with van der Waals surface area (Å²) < 4.78 is 6.00. The van der Waals surface area contributed by atoms with Crippen molar-refractivity contribution in [1.29, 1.82) is 0 Å². The van der Waals surface area contributed by atoms with E-state index in [1.807, 2.05) is 0 Å². The third-order valence-electron chi connectivity index (χ3n) is 4.41. The summed E-state index contributed by atoms with van der Waals surface area (Å²) >= 11 is 0. The largest absolute Gasteiger partial charge is 0.478 e. The number of aryl methyl sites for hydroxylation is 1. The summed E-state index contributed by atoms with van der Waals surface area (Å²) in [7, 11) is 0. The number of hydrogen-bond donors (Lipinski definition) is 1. The zero-order chi connectivity index (χ0) is 15.6. The molecule has 0 aromatic carbocycles. The van der Waals surface area contributed by atoms with Crippen LogP contribution in [0.15, 0.2) is 6.20 Å². The van der Waals surface area contributed by atoms with Crippen molar-refractivity contribution in [1.82, 2.24) is 9.97 Å². The first-order valence-electron chi connectivity index (χ1n) is 7.62. The number of hydrogen-bond acceptors (Lipinski definition) is 4. The van der Waals surface area contributed by atoms with E-state index in [4.69, 9.17) is 9.84 Å². The zero-order valence-corrected chi connectivity index (χ0v) is 13.2. The number of aromatic carboxylic acids is 1. The quantitative estimate of drug-likeness (QED) is 0.921. The number of aromatic nitrogens is 2. The lowest BCUT2D eigenvalue weighted by atomic mass is 9.75. The summed E-state index contributed by atoms with van der Waals surface area (Å²) in [6.07, 6.45) is 4.85. The minimum Gasteiger partial charge on any atom is -0.478 e. The van der Waals surface area contributed by atoms with E-state index in [9.17, 15) is 4.79 Å². The number of rotatable bonds is 4. The summed E-state index contributed by atoms with van der Waals surface area (Å²) in [6, 6.07) is 0.294. The van der Waals surface area contributed by atoms with Crippen LogP contribution in [-0.2, 0) is 0 Å². The van der Waals surface area contributed by atoms with Gasteiger partial charge in [-0.1, -0.05) is 27.2 Å². The van der Waals surface area contributed by atoms with E-state index in [1.54, 1.807) is 6.92 Å². The van der Waals surface area contributed by atoms with Gasteiger partial charge in [-0.3, -0.25) is 0 Å².